The van der Waals surface area contributed by atoms with E-state index in [9.17, 15) is 8.42 Å². The number of nitrogens with zero attached hydrogens (tertiary/aromatic N) is 1. The molecule has 0 radical (unpaired) electrons. The lowest BCUT2D eigenvalue weighted by Crippen LogP contribution is -2.40. The molecule has 4 nitrogen and oxygen atoms in total. The third-order valence-electron chi connectivity index (χ3n) is 4.22. The van der Waals surface area contributed by atoms with E-state index in [-0.39, 0.29) is 6.04 Å². The minimum Gasteiger partial charge on any atom is -0.316 e. The molecule has 21 heavy (non-hydrogen) atoms. The van der Waals surface area contributed by atoms with Crippen molar-refractivity contribution in [2.75, 3.05) is 13.6 Å². The third-order valence-corrected chi connectivity index (χ3v) is 6.27. The van der Waals surface area contributed by atoms with Crippen LogP contribution in [0.3, 0.4) is 0 Å². The molecule has 1 heterocycles. The molecule has 0 bridgehead atoms. The molecule has 1 aromatic rings. The highest BCUT2D eigenvalue weighted by atomic mass is 32.2. The van der Waals surface area contributed by atoms with Gasteiger partial charge < -0.3 is 5.32 Å². The number of rotatable bonds is 5. The molecule has 1 fully saturated rings. The molecule has 118 valence electrons. The average molecular weight is 310 g/mol. The first-order chi connectivity index (χ1) is 10.1. The molecule has 1 saturated heterocycles. The summed E-state index contributed by atoms with van der Waals surface area (Å²) >= 11 is 0. The molecule has 1 aliphatic heterocycles. The van der Waals surface area contributed by atoms with Crippen LogP contribution in [0.25, 0.3) is 0 Å². The quantitative estimate of drug-likeness (QED) is 0.910. The molecular weight excluding hydrogens is 284 g/mol. The Hall–Kier alpha value is -0.910. The van der Waals surface area contributed by atoms with Crippen molar-refractivity contribution in [3.8, 4) is 0 Å². The van der Waals surface area contributed by atoms with Gasteiger partial charge in [0.05, 0.1) is 4.90 Å². The SMILES string of the molecule is CCC1CCCCCN1S(=O)(=O)c1ccccc1CNC. The second kappa shape index (κ2) is 7.38. The first-order valence-corrected chi connectivity index (χ1v) is 9.29. The Bertz CT molecular complexity index is 557. The smallest absolute Gasteiger partial charge is 0.243 e. The minimum absolute atomic E-state index is 0.139. The van der Waals surface area contributed by atoms with E-state index < -0.39 is 10.0 Å². The van der Waals surface area contributed by atoms with Crippen LogP contribution in [0, 0.1) is 0 Å². The first-order valence-electron chi connectivity index (χ1n) is 7.85. The number of hydrogen-bond donors (Lipinski definition) is 1. The van der Waals surface area contributed by atoms with Crippen molar-refractivity contribution in [2.45, 2.75) is 56.5 Å². The number of benzene rings is 1. The molecule has 2 rings (SSSR count). The Balaban J connectivity index is 2.40. The highest BCUT2D eigenvalue weighted by Gasteiger charge is 2.32. The van der Waals surface area contributed by atoms with Gasteiger partial charge in [0.1, 0.15) is 0 Å². The Kier molecular flexibility index (Phi) is 5.79. The number of sulfonamides is 1. The molecule has 0 aliphatic carbocycles. The summed E-state index contributed by atoms with van der Waals surface area (Å²) in [5.41, 5.74) is 0.846. The summed E-state index contributed by atoms with van der Waals surface area (Å²) in [5.74, 6) is 0. The molecule has 0 aromatic heterocycles. The van der Waals surface area contributed by atoms with Crippen molar-refractivity contribution in [1.29, 1.82) is 0 Å². The van der Waals surface area contributed by atoms with E-state index in [4.69, 9.17) is 0 Å². The minimum atomic E-state index is -3.41. The first kappa shape index (κ1) is 16.5. The molecule has 0 spiro atoms. The lowest BCUT2D eigenvalue weighted by atomic mass is 10.1. The Labute approximate surface area is 128 Å². The van der Waals surface area contributed by atoms with E-state index in [1.54, 1.807) is 10.4 Å². The lowest BCUT2D eigenvalue weighted by molar-refractivity contribution is 0.315. The van der Waals surface area contributed by atoms with Gasteiger partial charge in [-0.2, -0.15) is 4.31 Å². The second-order valence-electron chi connectivity index (χ2n) is 5.67. The van der Waals surface area contributed by atoms with Crippen LogP contribution in [-0.2, 0) is 16.6 Å². The molecule has 0 amide bonds. The molecule has 1 N–H and O–H groups in total. The van der Waals surface area contributed by atoms with Gasteiger partial charge in [0.25, 0.3) is 0 Å². The fourth-order valence-electron chi connectivity index (χ4n) is 3.09. The molecular formula is C16H26N2O2S. The summed E-state index contributed by atoms with van der Waals surface area (Å²) in [6.45, 7) is 3.30. The standard InChI is InChI=1S/C16H26N2O2S/c1-3-15-10-5-4-8-12-18(15)21(19,20)16-11-7-6-9-14(16)13-17-2/h6-7,9,11,15,17H,3-5,8,10,12-13H2,1-2H3. The van der Waals surface area contributed by atoms with Gasteiger partial charge in [-0.1, -0.05) is 38.0 Å². The van der Waals surface area contributed by atoms with Crippen molar-refractivity contribution in [3.05, 3.63) is 29.8 Å². The van der Waals surface area contributed by atoms with Gasteiger partial charge in [0.2, 0.25) is 10.0 Å². The summed E-state index contributed by atoms with van der Waals surface area (Å²) in [6, 6.07) is 7.47. The average Bonchev–Trinajstić information content (AvgIpc) is 2.73. The zero-order valence-corrected chi connectivity index (χ0v) is 13.8. The Morgan fingerprint density at radius 3 is 2.71 bits per heavy atom. The lowest BCUT2D eigenvalue weighted by Gasteiger charge is -2.29. The predicted octanol–water partition coefficient (Wildman–Crippen LogP) is 2.75. The van der Waals surface area contributed by atoms with Crippen LogP contribution < -0.4 is 5.32 Å². The zero-order chi connectivity index (χ0) is 15.3. The Morgan fingerprint density at radius 2 is 2.00 bits per heavy atom. The molecule has 1 atom stereocenters. The monoisotopic (exact) mass is 310 g/mol. The largest absolute Gasteiger partial charge is 0.316 e. The van der Waals surface area contributed by atoms with Gasteiger partial charge in [-0.15, -0.1) is 0 Å². The molecule has 1 unspecified atom stereocenters. The van der Waals surface area contributed by atoms with Crippen LogP contribution >= 0.6 is 0 Å². The van der Waals surface area contributed by atoms with E-state index >= 15 is 0 Å². The van der Waals surface area contributed by atoms with E-state index in [0.717, 1.165) is 37.7 Å². The van der Waals surface area contributed by atoms with Gasteiger partial charge in [-0.05, 0) is 37.9 Å². The van der Waals surface area contributed by atoms with Crippen molar-refractivity contribution in [2.24, 2.45) is 0 Å². The van der Waals surface area contributed by atoms with Crippen LogP contribution in [0.5, 0.6) is 0 Å². The third kappa shape index (κ3) is 3.65. The Morgan fingerprint density at radius 1 is 1.24 bits per heavy atom. The highest BCUT2D eigenvalue weighted by Crippen LogP contribution is 2.28. The van der Waals surface area contributed by atoms with Crippen LogP contribution in [0.1, 0.15) is 44.6 Å². The van der Waals surface area contributed by atoms with Crippen molar-refractivity contribution in [3.63, 3.8) is 0 Å². The van der Waals surface area contributed by atoms with Crippen molar-refractivity contribution >= 4 is 10.0 Å². The van der Waals surface area contributed by atoms with Crippen LogP contribution in [0.15, 0.2) is 29.2 Å². The van der Waals surface area contributed by atoms with Crippen LogP contribution in [0.2, 0.25) is 0 Å². The second-order valence-corrected chi connectivity index (χ2v) is 7.52. The van der Waals surface area contributed by atoms with Crippen LogP contribution in [-0.4, -0.2) is 32.4 Å². The summed E-state index contributed by atoms with van der Waals surface area (Å²) in [7, 11) is -1.57. The number of nitrogens with one attached hydrogen (secondary N) is 1. The normalized spacial score (nSPS) is 21.1. The summed E-state index contributed by atoms with van der Waals surface area (Å²) in [4.78, 5) is 0.458. The van der Waals surface area contributed by atoms with Gasteiger partial charge in [0, 0.05) is 19.1 Å². The van der Waals surface area contributed by atoms with Gasteiger partial charge in [-0.25, -0.2) is 8.42 Å². The summed E-state index contributed by atoms with van der Waals surface area (Å²) in [5, 5.41) is 3.05. The van der Waals surface area contributed by atoms with E-state index in [1.807, 2.05) is 25.2 Å². The predicted molar refractivity (Wildman–Crippen MR) is 85.6 cm³/mol. The zero-order valence-electron chi connectivity index (χ0n) is 13.0. The highest BCUT2D eigenvalue weighted by molar-refractivity contribution is 7.89. The van der Waals surface area contributed by atoms with Gasteiger partial charge in [0.15, 0.2) is 0 Å². The topological polar surface area (TPSA) is 49.4 Å². The fraction of sp³-hybridized carbons (Fsp3) is 0.625. The summed E-state index contributed by atoms with van der Waals surface area (Å²) < 4.78 is 28.0. The molecule has 1 aliphatic rings. The van der Waals surface area contributed by atoms with E-state index in [2.05, 4.69) is 12.2 Å². The maximum absolute atomic E-state index is 13.1. The van der Waals surface area contributed by atoms with Crippen LogP contribution in [0.4, 0.5) is 0 Å². The van der Waals surface area contributed by atoms with Crippen molar-refractivity contribution < 1.29 is 8.42 Å². The number of hydrogen-bond acceptors (Lipinski definition) is 3. The van der Waals surface area contributed by atoms with Crippen molar-refractivity contribution in [1.82, 2.24) is 9.62 Å². The van der Waals surface area contributed by atoms with E-state index in [1.165, 1.54) is 0 Å². The maximum Gasteiger partial charge on any atom is 0.243 e. The van der Waals surface area contributed by atoms with Gasteiger partial charge >= 0.3 is 0 Å². The van der Waals surface area contributed by atoms with E-state index in [0.29, 0.717) is 18.0 Å². The molecule has 1 aromatic carbocycles. The fourth-order valence-corrected chi connectivity index (χ4v) is 5.08. The maximum atomic E-state index is 13.1. The molecule has 5 heteroatoms. The molecule has 0 saturated carbocycles. The summed E-state index contributed by atoms with van der Waals surface area (Å²) in [6.07, 6.45) is 5.07. The van der Waals surface area contributed by atoms with Gasteiger partial charge in [-0.3, -0.25) is 0 Å².